The molecule has 0 aliphatic rings. The maximum Gasteiger partial charge on any atom is 0.123 e. The number of hydrogen-bond acceptors (Lipinski definition) is 1. The Morgan fingerprint density at radius 2 is 1.91 bits per heavy atom. The van der Waals surface area contributed by atoms with Crippen LogP contribution < -0.4 is 0 Å². The van der Waals surface area contributed by atoms with E-state index in [9.17, 15) is 4.39 Å². The molecule has 0 N–H and O–H groups in total. The lowest BCUT2D eigenvalue weighted by molar-refractivity contribution is 0.147. The number of rotatable bonds is 3. The summed E-state index contributed by atoms with van der Waals surface area (Å²) in [4.78, 5) is 0. The van der Waals surface area contributed by atoms with Crippen molar-refractivity contribution in [2.24, 2.45) is 0 Å². The van der Waals surface area contributed by atoms with Crippen LogP contribution in [0.5, 0.6) is 0 Å². The third-order valence-corrected chi connectivity index (χ3v) is 1.33. The highest BCUT2D eigenvalue weighted by atomic mass is 19.1. The van der Waals surface area contributed by atoms with Crippen molar-refractivity contribution in [3.05, 3.63) is 42.6 Å². The highest BCUT2D eigenvalue weighted by molar-refractivity contribution is 5.14. The molecule has 0 heterocycles. The second kappa shape index (κ2) is 4.09. The molecule has 2 heteroatoms. The van der Waals surface area contributed by atoms with E-state index in [1.165, 1.54) is 12.1 Å². The third-order valence-electron chi connectivity index (χ3n) is 1.33. The van der Waals surface area contributed by atoms with E-state index in [4.69, 9.17) is 4.74 Å². The topological polar surface area (TPSA) is 9.23 Å². The number of benzene rings is 1. The van der Waals surface area contributed by atoms with Crippen LogP contribution in [0.2, 0.25) is 0 Å². The van der Waals surface area contributed by atoms with Gasteiger partial charge in [-0.25, -0.2) is 4.39 Å². The minimum Gasteiger partial charge on any atom is -0.377 e. The van der Waals surface area contributed by atoms with Gasteiger partial charge in [-0.15, -0.1) is 0 Å². The van der Waals surface area contributed by atoms with Crippen molar-refractivity contribution >= 4 is 0 Å². The van der Waals surface area contributed by atoms with Gasteiger partial charge in [0.05, 0.1) is 6.61 Å². The molecule has 0 unspecified atom stereocenters. The van der Waals surface area contributed by atoms with Crippen molar-refractivity contribution in [3.8, 4) is 0 Å². The summed E-state index contributed by atoms with van der Waals surface area (Å²) in [6, 6.07) is 6.24. The molecule has 0 atom stereocenters. The van der Waals surface area contributed by atoms with E-state index < -0.39 is 0 Å². The average Bonchev–Trinajstić information content (AvgIpc) is 2.04. The van der Waals surface area contributed by atoms with Crippen molar-refractivity contribution < 1.29 is 9.13 Å². The van der Waals surface area contributed by atoms with Crippen LogP contribution in [-0.4, -0.2) is 6.61 Å². The van der Waals surface area contributed by atoms with Crippen molar-refractivity contribution in [2.75, 3.05) is 6.61 Å². The summed E-state index contributed by atoms with van der Waals surface area (Å²) in [5.74, 6) is -0.219. The molecule has 1 rings (SSSR count). The zero-order valence-corrected chi connectivity index (χ0v) is 6.22. The van der Waals surface area contributed by atoms with Gasteiger partial charge in [0.2, 0.25) is 0 Å². The van der Waals surface area contributed by atoms with E-state index in [2.05, 4.69) is 6.92 Å². The van der Waals surface area contributed by atoms with Gasteiger partial charge in [-0.05, 0) is 24.6 Å². The second-order valence-electron chi connectivity index (χ2n) is 2.18. The Labute approximate surface area is 65.8 Å². The predicted octanol–water partition coefficient (Wildman–Crippen LogP) is 2.18. The zero-order valence-electron chi connectivity index (χ0n) is 6.22. The van der Waals surface area contributed by atoms with Gasteiger partial charge in [0.1, 0.15) is 5.82 Å². The molecule has 1 radical (unpaired) electrons. The minimum atomic E-state index is -0.219. The van der Waals surface area contributed by atoms with Crippen molar-refractivity contribution in [2.45, 2.75) is 6.61 Å². The molecule has 1 nitrogen and oxygen atoms in total. The Morgan fingerprint density at radius 3 is 2.45 bits per heavy atom. The molecule has 0 saturated carbocycles. The molecule has 0 bridgehead atoms. The maximum atomic E-state index is 12.4. The van der Waals surface area contributed by atoms with Crippen LogP contribution in [0.15, 0.2) is 24.3 Å². The molecular formula is C9H10FO. The highest BCUT2D eigenvalue weighted by Gasteiger charge is 1.91. The van der Waals surface area contributed by atoms with Crippen molar-refractivity contribution in [1.82, 2.24) is 0 Å². The molecule has 0 aliphatic carbocycles. The van der Waals surface area contributed by atoms with E-state index >= 15 is 0 Å². The summed E-state index contributed by atoms with van der Waals surface area (Å²) in [5.41, 5.74) is 0.968. The van der Waals surface area contributed by atoms with E-state index in [-0.39, 0.29) is 5.82 Å². The molecule has 11 heavy (non-hydrogen) atoms. The Hall–Kier alpha value is -0.890. The monoisotopic (exact) mass is 153 g/mol. The van der Waals surface area contributed by atoms with Crippen molar-refractivity contribution in [1.29, 1.82) is 0 Å². The van der Waals surface area contributed by atoms with Gasteiger partial charge < -0.3 is 4.74 Å². The van der Waals surface area contributed by atoms with Gasteiger partial charge in [0, 0.05) is 6.61 Å². The third kappa shape index (κ3) is 2.68. The first-order valence-electron chi connectivity index (χ1n) is 3.44. The van der Waals surface area contributed by atoms with Crippen LogP contribution in [-0.2, 0) is 11.3 Å². The fraction of sp³-hybridized carbons (Fsp3) is 0.222. The smallest absolute Gasteiger partial charge is 0.123 e. The van der Waals surface area contributed by atoms with E-state index in [0.29, 0.717) is 13.2 Å². The molecule has 0 aliphatic heterocycles. The summed E-state index contributed by atoms with van der Waals surface area (Å²) in [6.07, 6.45) is 0. The Kier molecular flexibility index (Phi) is 3.05. The standard InChI is InChI=1S/C9H10FO/c1-2-11-7-8-3-5-9(10)6-4-8/h3-6H,1-2,7H2. The van der Waals surface area contributed by atoms with Crippen molar-refractivity contribution in [3.63, 3.8) is 0 Å². The van der Waals surface area contributed by atoms with Gasteiger partial charge >= 0.3 is 0 Å². The number of hydrogen-bond donors (Lipinski definition) is 0. The van der Waals surface area contributed by atoms with Gasteiger partial charge in [0.15, 0.2) is 0 Å². The fourth-order valence-electron chi connectivity index (χ4n) is 0.771. The summed E-state index contributed by atoms with van der Waals surface area (Å²) >= 11 is 0. The molecule has 59 valence electrons. The first kappa shape index (κ1) is 8.21. The Bertz CT molecular complexity index is 205. The molecule has 0 fully saturated rings. The largest absolute Gasteiger partial charge is 0.377 e. The van der Waals surface area contributed by atoms with Gasteiger partial charge in [-0.3, -0.25) is 0 Å². The molecule has 0 aromatic heterocycles. The first-order valence-corrected chi connectivity index (χ1v) is 3.44. The maximum absolute atomic E-state index is 12.4. The Morgan fingerprint density at radius 1 is 1.27 bits per heavy atom. The molecule has 0 amide bonds. The highest BCUT2D eigenvalue weighted by Crippen LogP contribution is 2.03. The van der Waals surface area contributed by atoms with Crippen LogP contribution in [0.3, 0.4) is 0 Å². The lowest BCUT2D eigenvalue weighted by Gasteiger charge is -1.99. The fourth-order valence-corrected chi connectivity index (χ4v) is 0.771. The van der Waals surface area contributed by atoms with Crippen LogP contribution in [0.4, 0.5) is 4.39 Å². The number of halogens is 1. The van der Waals surface area contributed by atoms with Gasteiger partial charge in [-0.2, -0.15) is 0 Å². The lowest BCUT2D eigenvalue weighted by atomic mass is 10.2. The molecule has 1 aromatic rings. The zero-order chi connectivity index (χ0) is 8.10. The summed E-state index contributed by atoms with van der Waals surface area (Å²) in [6.45, 7) is 4.47. The quantitative estimate of drug-likeness (QED) is 0.646. The van der Waals surface area contributed by atoms with Gasteiger partial charge in [-0.1, -0.05) is 12.1 Å². The second-order valence-corrected chi connectivity index (χ2v) is 2.18. The SMILES string of the molecule is [CH2]COCc1ccc(F)cc1. The minimum absolute atomic E-state index is 0.219. The molecule has 1 aromatic carbocycles. The number of ether oxygens (including phenoxy) is 1. The normalized spacial score (nSPS) is 10.0. The Balaban J connectivity index is 2.52. The van der Waals surface area contributed by atoms with E-state index in [0.717, 1.165) is 5.56 Å². The van der Waals surface area contributed by atoms with Crippen LogP contribution in [0.25, 0.3) is 0 Å². The predicted molar refractivity (Wildman–Crippen MR) is 41.4 cm³/mol. The van der Waals surface area contributed by atoms with Crippen LogP contribution in [0, 0.1) is 12.7 Å². The summed E-state index contributed by atoms with van der Waals surface area (Å²) < 4.78 is 17.4. The van der Waals surface area contributed by atoms with E-state index in [1.54, 1.807) is 12.1 Å². The first-order chi connectivity index (χ1) is 5.33. The van der Waals surface area contributed by atoms with Crippen LogP contribution in [0.1, 0.15) is 5.56 Å². The molecular weight excluding hydrogens is 143 g/mol. The van der Waals surface area contributed by atoms with E-state index in [1.807, 2.05) is 0 Å². The molecule has 0 saturated heterocycles. The van der Waals surface area contributed by atoms with Crippen LogP contribution >= 0.6 is 0 Å². The lowest BCUT2D eigenvalue weighted by Crippen LogP contribution is -1.91. The molecule has 0 spiro atoms. The van der Waals surface area contributed by atoms with Gasteiger partial charge in [0.25, 0.3) is 0 Å². The summed E-state index contributed by atoms with van der Waals surface area (Å²) in [5, 5.41) is 0. The average molecular weight is 153 g/mol. The summed E-state index contributed by atoms with van der Waals surface area (Å²) in [7, 11) is 0.